The topological polar surface area (TPSA) is 29.5 Å². The van der Waals surface area contributed by atoms with Crippen LogP contribution in [0.15, 0.2) is 0 Å². The molecule has 1 atom stereocenters. The highest BCUT2D eigenvalue weighted by Gasteiger charge is 2.32. The highest BCUT2D eigenvalue weighted by Crippen LogP contribution is 2.64. The molecule has 0 aliphatic carbocycles. The van der Waals surface area contributed by atoms with E-state index in [4.69, 9.17) is 4.52 Å². The first-order valence-corrected chi connectivity index (χ1v) is 7.54. The summed E-state index contributed by atoms with van der Waals surface area (Å²) in [6.07, 6.45) is 1.02. The summed E-state index contributed by atoms with van der Waals surface area (Å²) in [7, 11) is 0. The monoisotopic (exact) mass is 209 g/mol. The number of hydrogen-bond donors (Lipinski definition) is 0. The average Bonchev–Trinajstić information content (AvgIpc) is 2.07. The van der Waals surface area contributed by atoms with Gasteiger partial charge in [-0.2, -0.15) is 0 Å². The minimum Gasteiger partial charge on any atom is -0.310 e. The third-order valence-electron chi connectivity index (χ3n) is 1.87. The quantitative estimate of drug-likeness (QED) is 0.668. The molecular formula is C7H16NO2PS. The molecule has 0 aromatic rings. The lowest BCUT2D eigenvalue weighted by Crippen LogP contribution is -2.21. The third-order valence-corrected chi connectivity index (χ3v) is 6.97. The molecule has 0 N–H and O–H groups in total. The summed E-state index contributed by atoms with van der Waals surface area (Å²) < 4.78 is 19.3. The lowest BCUT2D eigenvalue weighted by molar-refractivity contribution is 0.276. The summed E-state index contributed by atoms with van der Waals surface area (Å²) >= 11 is 1.48. The zero-order valence-electron chi connectivity index (χ0n) is 7.65. The van der Waals surface area contributed by atoms with Gasteiger partial charge in [0.25, 0.3) is 0 Å². The van der Waals surface area contributed by atoms with E-state index < -0.39 is 6.72 Å². The van der Waals surface area contributed by atoms with Crippen molar-refractivity contribution in [1.29, 1.82) is 0 Å². The largest absolute Gasteiger partial charge is 0.329 e. The van der Waals surface area contributed by atoms with Crippen molar-refractivity contribution in [1.82, 2.24) is 4.67 Å². The molecular weight excluding hydrogens is 193 g/mol. The minimum atomic E-state index is -2.47. The Bertz CT molecular complexity index is 174. The molecule has 0 spiro atoms. The molecule has 1 aliphatic rings. The van der Waals surface area contributed by atoms with Gasteiger partial charge in [0.2, 0.25) is 0 Å². The van der Waals surface area contributed by atoms with Crippen LogP contribution >= 0.6 is 18.1 Å². The maximum atomic E-state index is 12.1. The van der Waals surface area contributed by atoms with Gasteiger partial charge in [-0.3, -0.25) is 4.57 Å². The van der Waals surface area contributed by atoms with Gasteiger partial charge in [0.05, 0.1) is 6.61 Å². The second kappa shape index (κ2) is 4.66. The van der Waals surface area contributed by atoms with Crippen molar-refractivity contribution in [2.45, 2.75) is 20.3 Å². The summed E-state index contributed by atoms with van der Waals surface area (Å²) in [4.78, 5) is 0. The van der Waals surface area contributed by atoms with Gasteiger partial charge >= 0.3 is 6.72 Å². The Labute approximate surface area is 78.1 Å². The number of rotatable bonds is 3. The first kappa shape index (κ1) is 10.6. The number of hydrogen-bond acceptors (Lipinski definition) is 3. The van der Waals surface area contributed by atoms with Crippen LogP contribution in [0.1, 0.15) is 20.3 Å². The Hall–Kier alpha value is 0.500. The fourth-order valence-electron chi connectivity index (χ4n) is 1.19. The van der Waals surface area contributed by atoms with Gasteiger partial charge in [0.15, 0.2) is 0 Å². The molecule has 1 rings (SSSR count). The number of nitrogens with zero attached hydrogens (tertiary/aromatic N) is 1. The van der Waals surface area contributed by atoms with Crippen LogP contribution in [-0.2, 0) is 9.09 Å². The van der Waals surface area contributed by atoms with Crippen LogP contribution in [0.25, 0.3) is 0 Å². The first-order valence-electron chi connectivity index (χ1n) is 4.37. The molecule has 1 aliphatic heterocycles. The summed E-state index contributed by atoms with van der Waals surface area (Å²) in [5.41, 5.74) is 0. The Balaban J connectivity index is 2.60. The van der Waals surface area contributed by atoms with Crippen molar-refractivity contribution < 1.29 is 9.09 Å². The second-order valence-electron chi connectivity index (χ2n) is 2.63. The summed E-state index contributed by atoms with van der Waals surface area (Å²) in [5.74, 6) is 0.966. The molecule has 1 fully saturated rings. The van der Waals surface area contributed by atoms with Crippen molar-refractivity contribution in [3.63, 3.8) is 0 Å². The first-order chi connectivity index (χ1) is 5.73. The lowest BCUT2D eigenvalue weighted by Gasteiger charge is -2.30. The summed E-state index contributed by atoms with van der Waals surface area (Å²) in [6, 6.07) is 0. The minimum absolute atomic E-state index is 0.654. The normalized spacial score (nSPS) is 30.9. The summed E-state index contributed by atoms with van der Waals surface area (Å²) in [6.45, 7) is 3.82. The Kier molecular flexibility index (Phi) is 4.11. The Morgan fingerprint density at radius 2 is 2.17 bits per heavy atom. The van der Waals surface area contributed by atoms with Crippen LogP contribution in [0.2, 0.25) is 0 Å². The molecule has 3 nitrogen and oxygen atoms in total. The van der Waals surface area contributed by atoms with E-state index >= 15 is 0 Å². The molecule has 1 unspecified atom stereocenters. The van der Waals surface area contributed by atoms with Crippen LogP contribution in [0.3, 0.4) is 0 Å². The lowest BCUT2D eigenvalue weighted by atomic mass is 10.5. The molecule has 5 heteroatoms. The molecule has 0 aromatic heterocycles. The average molecular weight is 209 g/mol. The molecule has 0 radical (unpaired) electrons. The van der Waals surface area contributed by atoms with Gasteiger partial charge in [0.1, 0.15) is 0 Å². The van der Waals surface area contributed by atoms with Crippen LogP contribution < -0.4 is 0 Å². The van der Waals surface area contributed by atoms with Crippen molar-refractivity contribution in [3.8, 4) is 0 Å². The van der Waals surface area contributed by atoms with Crippen molar-refractivity contribution in [2.24, 2.45) is 0 Å². The van der Waals surface area contributed by atoms with E-state index in [1.165, 1.54) is 11.4 Å². The smallest absolute Gasteiger partial charge is 0.310 e. The molecule has 0 amide bonds. The van der Waals surface area contributed by atoms with Crippen LogP contribution in [0.5, 0.6) is 0 Å². The van der Waals surface area contributed by atoms with Crippen molar-refractivity contribution >= 4 is 18.1 Å². The van der Waals surface area contributed by atoms with E-state index in [0.717, 1.165) is 25.3 Å². The molecule has 0 saturated carbocycles. The molecule has 1 heterocycles. The molecule has 0 aromatic carbocycles. The van der Waals surface area contributed by atoms with Gasteiger partial charge < -0.3 is 4.52 Å². The Morgan fingerprint density at radius 3 is 2.58 bits per heavy atom. The van der Waals surface area contributed by atoms with E-state index in [2.05, 4.69) is 0 Å². The Morgan fingerprint density at radius 1 is 1.50 bits per heavy atom. The molecule has 72 valence electrons. The van der Waals surface area contributed by atoms with E-state index in [9.17, 15) is 4.57 Å². The predicted octanol–water partition coefficient (Wildman–Crippen LogP) is 2.59. The van der Waals surface area contributed by atoms with Crippen LogP contribution in [0.4, 0.5) is 0 Å². The van der Waals surface area contributed by atoms with E-state index in [1.54, 1.807) is 0 Å². The van der Waals surface area contributed by atoms with Gasteiger partial charge in [-0.25, -0.2) is 4.67 Å². The highest BCUT2D eigenvalue weighted by molar-refractivity contribution is 8.55. The van der Waals surface area contributed by atoms with E-state index in [0.29, 0.717) is 6.61 Å². The van der Waals surface area contributed by atoms with E-state index in [-0.39, 0.29) is 0 Å². The van der Waals surface area contributed by atoms with E-state index in [1.807, 2.05) is 18.5 Å². The third kappa shape index (κ3) is 2.25. The van der Waals surface area contributed by atoms with Crippen LogP contribution in [-0.4, -0.2) is 30.1 Å². The SMILES string of the molecule is CCN(CC)P1(=O)OCCCS1. The predicted molar refractivity (Wildman–Crippen MR) is 53.6 cm³/mol. The zero-order valence-corrected chi connectivity index (χ0v) is 9.37. The fraction of sp³-hybridized carbons (Fsp3) is 1.00. The van der Waals surface area contributed by atoms with Crippen LogP contribution in [0, 0.1) is 0 Å². The molecule has 12 heavy (non-hydrogen) atoms. The molecule has 0 bridgehead atoms. The highest BCUT2D eigenvalue weighted by atomic mass is 32.7. The molecule has 1 saturated heterocycles. The van der Waals surface area contributed by atoms with Crippen molar-refractivity contribution in [2.75, 3.05) is 25.4 Å². The van der Waals surface area contributed by atoms with Crippen molar-refractivity contribution in [3.05, 3.63) is 0 Å². The fourth-order valence-corrected chi connectivity index (χ4v) is 5.83. The second-order valence-corrected chi connectivity index (χ2v) is 7.21. The zero-order chi connectivity index (χ0) is 9.03. The van der Waals surface area contributed by atoms with Gasteiger partial charge in [-0.15, -0.1) is 0 Å². The standard InChI is InChI=1S/C7H16NO2PS/c1-3-8(4-2)11(9)10-6-5-7-12-11/h3-7H2,1-2H3. The maximum absolute atomic E-state index is 12.1. The van der Waals surface area contributed by atoms with Gasteiger partial charge in [-0.1, -0.05) is 25.2 Å². The maximum Gasteiger partial charge on any atom is 0.329 e. The van der Waals surface area contributed by atoms with Gasteiger partial charge in [0, 0.05) is 18.8 Å². The summed E-state index contributed by atoms with van der Waals surface area (Å²) in [5, 5.41) is 0. The van der Waals surface area contributed by atoms with Gasteiger partial charge in [-0.05, 0) is 6.42 Å².